The van der Waals surface area contributed by atoms with Crippen LogP contribution in [0, 0.1) is 0 Å². The molecule has 0 saturated carbocycles. The molecule has 0 spiro atoms. The highest BCUT2D eigenvalue weighted by Gasteiger charge is 2.22. The zero-order chi connectivity index (χ0) is 61.9. The van der Waals surface area contributed by atoms with Crippen molar-refractivity contribution in [3.05, 3.63) is 170 Å². The van der Waals surface area contributed by atoms with Crippen molar-refractivity contribution in [2.24, 2.45) is 0 Å². The molecule has 0 aromatic heterocycles. The van der Waals surface area contributed by atoms with Crippen LogP contribution < -0.4 is 5.11 Å². The molecule has 0 N–H and O–H groups in total. The van der Waals surface area contributed by atoms with Crippen molar-refractivity contribution in [2.75, 3.05) is 47.5 Å². The molecule has 0 saturated heterocycles. The van der Waals surface area contributed by atoms with Gasteiger partial charge in [0, 0.05) is 12.8 Å². The van der Waals surface area contributed by atoms with E-state index in [1.807, 2.05) is 21.1 Å². The number of carboxylic acids is 1. The van der Waals surface area contributed by atoms with Crippen molar-refractivity contribution in [2.45, 2.75) is 245 Å². The topological polar surface area (TPSA) is 111 Å². The summed E-state index contributed by atoms with van der Waals surface area (Å²) in [6.07, 6.45) is 94.1. The molecule has 0 aliphatic rings. The molecule has 0 aliphatic heterocycles. The highest BCUT2D eigenvalue weighted by Crippen LogP contribution is 2.15. The lowest BCUT2D eigenvalue weighted by molar-refractivity contribution is -0.870. The molecule has 9 heteroatoms. The van der Waals surface area contributed by atoms with Crippen LogP contribution in [-0.4, -0.2) is 82.3 Å². The average Bonchev–Trinajstić information content (AvgIpc) is 3.48. The van der Waals surface area contributed by atoms with Crippen molar-refractivity contribution in [1.82, 2.24) is 0 Å². The van der Waals surface area contributed by atoms with Crippen LogP contribution in [0.15, 0.2) is 170 Å². The lowest BCUT2D eigenvalue weighted by Gasteiger charge is -2.26. The third kappa shape index (κ3) is 66.0. The number of likely N-dealkylation sites (N-methyl/N-ethyl adjacent to an activating group) is 1. The van der Waals surface area contributed by atoms with E-state index in [0.29, 0.717) is 17.4 Å². The maximum absolute atomic E-state index is 12.9. The lowest BCUT2D eigenvalue weighted by Crippen LogP contribution is -2.44. The van der Waals surface area contributed by atoms with Gasteiger partial charge in [0.2, 0.25) is 0 Å². The van der Waals surface area contributed by atoms with Crippen LogP contribution in [0.3, 0.4) is 0 Å². The van der Waals surface area contributed by atoms with Crippen molar-refractivity contribution in [3.8, 4) is 0 Å². The molecule has 0 amide bonds. The molecule has 0 heterocycles. The fraction of sp³-hybridized carbons (Fsp3) is 0.592. The molecule has 0 aromatic rings. The summed E-state index contributed by atoms with van der Waals surface area (Å²) in [4.78, 5) is 37.4. The standard InChI is InChI=1S/C76H121NO8/c1-6-8-10-12-14-16-18-20-22-24-26-28-30-31-32-33-34-35-36-37-38-39-40-41-42-43-45-47-49-51-53-55-57-59-61-63-65-67-74(79)85-72(71-84-76(75(80)81)82-69-68-77(3,4)5)70-83-73(78)66-64-62-60-58-56-54-52-50-48-46-44-29-27-25-23-21-19-17-15-13-11-9-7-2/h8-11,14-17,20-23,26-29,31-32,34-35,37-38,40-41,43,45,49,51,72,76H,6-7,12-13,18-19,24-25,30,33,36,39,42,44,46-48,50,52-71H2,1-5H3/b10-8-,11-9-,16-14-,17-15-,22-20-,23-21-,28-26-,29-27-,32-31-,35-34-,38-37-,41-40-,45-43-,51-49-. The molecule has 0 fully saturated rings. The monoisotopic (exact) mass is 1180 g/mol. The summed E-state index contributed by atoms with van der Waals surface area (Å²) in [6, 6.07) is 0. The summed E-state index contributed by atoms with van der Waals surface area (Å²) in [5, 5.41) is 11.8. The summed E-state index contributed by atoms with van der Waals surface area (Å²) < 4.78 is 22.7. The Balaban J connectivity index is 4.26. The first-order valence-corrected chi connectivity index (χ1v) is 33.3. The predicted molar refractivity (Wildman–Crippen MR) is 361 cm³/mol. The summed E-state index contributed by atoms with van der Waals surface area (Å²) in [5.74, 6) is -2.33. The number of allylic oxidation sites excluding steroid dienone is 28. The average molecular weight is 1180 g/mol. The quantitative estimate of drug-likeness (QED) is 0.0195. The number of hydrogen-bond acceptors (Lipinski definition) is 8. The number of ether oxygens (including phenoxy) is 4. The van der Waals surface area contributed by atoms with Crippen LogP contribution in [-0.2, 0) is 33.3 Å². The maximum Gasteiger partial charge on any atom is 0.306 e. The van der Waals surface area contributed by atoms with E-state index < -0.39 is 24.3 Å². The van der Waals surface area contributed by atoms with Gasteiger partial charge in [-0.25, -0.2) is 0 Å². The van der Waals surface area contributed by atoms with Crippen molar-refractivity contribution in [1.29, 1.82) is 0 Å². The Hall–Kier alpha value is -5.35. The normalized spacial score (nSPS) is 13.8. The van der Waals surface area contributed by atoms with Gasteiger partial charge >= 0.3 is 11.9 Å². The number of carbonyl (C=O) groups excluding carboxylic acids is 3. The molecule has 0 radical (unpaired) electrons. The summed E-state index contributed by atoms with van der Waals surface area (Å²) in [5.41, 5.74) is 0. The van der Waals surface area contributed by atoms with Gasteiger partial charge in [-0.2, -0.15) is 0 Å². The van der Waals surface area contributed by atoms with Crippen LogP contribution in [0.4, 0.5) is 0 Å². The second kappa shape index (κ2) is 64.6. The van der Waals surface area contributed by atoms with Crippen LogP contribution >= 0.6 is 0 Å². The zero-order valence-electron chi connectivity index (χ0n) is 54.4. The number of nitrogens with zero attached hydrogens (tertiary/aromatic N) is 1. The highest BCUT2D eigenvalue weighted by atomic mass is 16.7. The molecule has 0 aliphatic carbocycles. The van der Waals surface area contributed by atoms with E-state index in [0.717, 1.165) is 161 Å². The van der Waals surface area contributed by atoms with Gasteiger partial charge in [-0.3, -0.25) is 9.59 Å². The first-order valence-electron chi connectivity index (χ1n) is 33.3. The summed E-state index contributed by atoms with van der Waals surface area (Å²) in [7, 11) is 5.91. The molecule has 478 valence electrons. The number of aliphatic carboxylic acids is 1. The zero-order valence-corrected chi connectivity index (χ0v) is 54.4. The largest absolute Gasteiger partial charge is 0.545 e. The Bertz CT molecular complexity index is 2000. The van der Waals surface area contributed by atoms with Gasteiger partial charge in [0.05, 0.1) is 40.3 Å². The Kier molecular flexibility index (Phi) is 60.6. The molecule has 0 rings (SSSR count). The molecular formula is C76H121NO8. The lowest BCUT2D eigenvalue weighted by atomic mass is 10.1. The molecule has 9 nitrogen and oxygen atoms in total. The first-order chi connectivity index (χ1) is 41.6. The predicted octanol–water partition coefficient (Wildman–Crippen LogP) is 19.3. The smallest absolute Gasteiger partial charge is 0.306 e. The number of quaternary nitrogens is 1. The Morgan fingerprint density at radius 1 is 0.353 bits per heavy atom. The Morgan fingerprint density at radius 3 is 0.941 bits per heavy atom. The number of carboxylic acid groups (broad SMARTS) is 1. The van der Waals surface area contributed by atoms with Crippen LogP contribution in [0.25, 0.3) is 0 Å². The SMILES string of the molecule is CC/C=C\C/C=C\C/C=C\C/C=C\C/C=C\C/C=C\C/C=C\C/C=C\C/C=C\C/C=C\CCCCCCCCC(=O)OC(COC(=O)CCCCCCCCCCCC/C=C\C/C=C\C/C=C\C/C=C\CC)COC(OCC[N+](C)(C)C)C(=O)[O-]. The van der Waals surface area contributed by atoms with Crippen molar-refractivity contribution < 1.29 is 42.9 Å². The fourth-order valence-corrected chi connectivity index (χ4v) is 8.44. The van der Waals surface area contributed by atoms with Gasteiger partial charge < -0.3 is 33.3 Å². The van der Waals surface area contributed by atoms with E-state index in [-0.39, 0.29) is 38.6 Å². The van der Waals surface area contributed by atoms with E-state index in [1.54, 1.807) is 0 Å². The van der Waals surface area contributed by atoms with E-state index in [2.05, 4.69) is 184 Å². The third-order valence-corrected chi connectivity index (χ3v) is 13.5. The molecule has 0 bridgehead atoms. The minimum Gasteiger partial charge on any atom is -0.545 e. The number of carbonyl (C=O) groups is 3. The van der Waals surface area contributed by atoms with Gasteiger partial charge in [0.15, 0.2) is 12.4 Å². The minimum atomic E-state index is -1.64. The van der Waals surface area contributed by atoms with E-state index in [9.17, 15) is 19.5 Å². The van der Waals surface area contributed by atoms with Crippen LogP contribution in [0.1, 0.15) is 232 Å². The molecule has 2 unspecified atom stereocenters. The highest BCUT2D eigenvalue weighted by molar-refractivity contribution is 5.70. The van der Waals surface area contributed by atoms with Gasteiger partial charge in [-0.1, -0.05) is 261 Å². The molecule has 0 aromatic carbocycles. The second-order valence-corrected chi connectivity index (χ2v) is 22.6. The van der Waals surface area contributed by atoms with Gasteiger partial charge in [0.25, 0.3) is 0 Å². The maximum atomic E-state index is 12.9. The second-order valence-electron chi connectivity index (χ2n) is 22.6. The minimum absolute atomic E-state index is 0.134. The van der Waals surface area contributed by atoms with E-state index in [1.165, 1.54) is 38.5 Å². The summed E-state index contributed by atoms with van der Waals surface area (Å²) >= 11 is 0. The van der Waals surface area contributed by atoms with Crippen LogP contribution in [0.2, 0.25) is 0 Å². The number of rotatable bonds is 59. The van der Waals surface area contributed by atoms with Gasteiger partial charge in [-0.05, 0) is 128 Å². The fourth-order valence-electron chi connectivity index (χ4n) is 8.44. The van der Waals surface area contributed by atoms with Crippen molar-refractivity contribution in [3.63, 3.8) is 0 Å². The number of unbranched alkanes of at least 4 members (excludes halogenated alkanes) is 16. The van der Waals surface area contributed by atoms with Gasteiger partial charge in [0.1, 0.15) is 13.2 Å². The molecular weight excluding hydrogens is 1050 g/mol. The van der Waals surface area contributed by atoms with E-state index >= 15 is 0 Å². The summed E-state index contributed by atoms with van der Waals surface area (Å²) in [6.45, 7) is 4.48. The number of hydrogen-bond donors (Lipinski definition) is 0. The van der Waals surface area contributed by atoms with Gasteiger partial charge in [-0.15, -0.1) is 0 Å². The molecule has 2 atom stereocenters. The first kappa shape index (κ1) is 79.7. The van der Waals surface area contributed by atoms with Crippen LogP contribution in [0.5, 0.6) is 0 Å². The van der Waals surface area contributed by atoms with E-state index in [4.69, 9.17) is 18.9 Å². The Morgan fingerprint density at radius 2 is 0.635 bits per heavy atom. The third-order valence-electron chi connectivity index (χ3n) is 13.5. The number of esters is 2. The van der Waals surface area contributed by atoms with Crippen molar-refractivity contribution >= 4 is 17.9 Å². The Labute approximate surface area is 520 Å². The molecule has 85 heavy (non-hydrogen) atoms.